The van der Waals surface area contributed by atoms with Gasteiger partial charge in [0, 0.05) is 25.1 Å². The number of carbonyl (C=O) groups is 1. The van der Waals surface area contributed by atoms with Crippen LogP contribution in [0.25, 0.3) is 0 Å². The normalized spacial score (nSPS) is 18.7. The average Bonchev–Trinajstić information content (AvgIpc) is 3.04. The molecule has 106 valence electrons. The number of carbonyl (C=O) groups excluding carboxylic acids is 1. The van der Waals surface area contributed by atoms with E-state index in [1.165, 1.54) is 11.3 Å². The van der Waals surface area contributed by atoms with E-state index >= 15 is 0 Å². The van der Waals surface area contributed by atoms with Crippen molar-refractivity contribution < 1.29 is 14.3 Å². The first-order chi connectivity index (χ1) is 9.25. The summed E-state index contributed by atoms with van der Waals surface area (Å²) in [6, 6.07) is 1.83. The molecule has 1 saturated heterocycles. The van der Waals surface area contributed by atoms with Crippen molar-refractivity contribution in [2.24, 2.45) is 0 Å². The quantitative estimate of drug-likeness (QED) is 0.771. The molecule has 1 fully saturated rings. The van der Waals surface area contributed by atoms with Crippen molar-refractivity contribution in [3.63, 3.8) is 0 Å². The van der Waals surface area contributed by atoms with Gasteiger partial charge in [0.2, 0.25) is 0 Å². The van der Waals surface area contributed by atoms with Gasteiger partial charge in [-0.3, -0.25) is 4.79 Å². The fourth-order valence-electron chi connectivity index (χ4n) is 1.90. The Bertz CT molecular complexity index is 404. The van der Waals surface area contributed by atoms with E-state index in [2.05, 4.69) is 21.2 Å². The summed E-state index contributed by atoms with van der Waals surface area (Å²) in [5.41, 5.74) is 0.706. The Kier molecular flexibility index (Phi) is 6.30. The molecule has 0 aromatic carbocycles. The first kappa shape index (κ1) is 15.0. The molecule has 2 heterocycles. The zero-order valence-electron chi connectivity index (χ0n) is 10.7. The fourth-order valence-corrected chi connectivity index (χ4v) is 3.03. The van der Waals surface area contributed by atoms with Crippen LogP contribution in [-0.4, -0.2) is 38.4 Å². The molecule has 4 nitrogen and oxygen atoms in total. The molecular weight excluding hydrogens is 330 g/mol. The van der Waals surface area contributed by atoms with E-state index in [4.69, 9.17) is 9.47 Å². The lowest BCUT2D eigenvalue weighted by Crippen LogP contribution is -2.25. The van der Waals surface area contributed by atoms with Gasteiger partial charge < -0.3 is 14.8 Å². The minimum absolute atomic E-state index is 0.0268. The lowest BCUT2D eigenvalue weighted by Gasteiger charge is -2.10. The maximum absolute atomic E-state index is 11.7. The second-order valence-electron chi connectivity index (χ2n) is 4.46. The van der Waals surface area contributed by atoms with E-state index < -0.39 is 0 Å². The molecule has 19 heavy (non-hydrogen) atoms. The standard InChI is InChI=1S/C13H18BrNO3S/c14-12-7-10(9-19-12)13(16)15-4-2-5-17-8-11-3-1-6-18-11/h7,9,11H,1-6,8H2,(H,15,16). The van der Waals surface area contributed by atoms with Crippen molar-refractivity contribution in [2.45, 2.75) is 25.4 Å². The molecule has 6 heteroatoms. The molecule has 1 aromatic heterocycles. The van der Waals surface area contributed by atoms with E-state index in [0.717, 1.165) is 29.7 Å². The highest BCUT2D eigenvalue weighted by Gasteiger charge is 2.14. The van der Waals surface area contributed by atoms with Crippen LogP contribution in [0.15, 0.2) is 15.2 Å². The lowest BCUT2D eigenvalue weighted by atomic mass is 10.2. The third-order valence-corrected chi connectivity index (χ3v) is 4.41. The molecule has 2 rings (SSSR count). The molecule has 1 aliphatic rings. The number of hydrogen-bond acceptors (Lipinski definition) is 4. The minimum atomic E-state index is -0.0268. The SMILES string of the molecule is O=C(NCCCOCC1CCCO1)c1csc(Br)c1. The number of ether oxygens (including phenoxy) is 2. The topological polar surface area (TPSA) is 47.6 Å². The van der Waals surface area contributed by atoms with Gasteiger partial charge in [0.15, 0.2) is 0 Å². The van der Waals surface area contributed by atoms with Crippen molar-refractivity contribution >= 4 is 33.2 Å². The molecule has 0 radical (unpaired) electrons. The molecule has 0 saturated carbocycles. The molecule has 1 atom stereocenters. The van der Waals surface area contributed by atoms with Crippen molar-refractivity contribution in [1.82, 2.24) is 5.32 Å². The molecule has 0 aliphatic carbocycles. The first-order valence-corrected chi connectivity index (χ1v) is 8.14. The number of hydrogen-bond donors (Lipinski definition) is 1. The van der Waals surface area contributed by atoms with E-state index in [1.807, 2.05) is 11.4 Å². The van der Waals surface area contributed by atoms with Crippen LogP contribution in [-0.2, 0) is 9.47 Å². The van der Waals surface area contributed by atoms with Gasteiger partial charge in [-0.2, -0.15) is 0 Å². The maximum atomic E-state index is 11.7. The number of halogens is 1. The average molecular weight is 348 g/mol. The second kappa shape index (κ2) is 7.99. The molecule has 0 bridgehead atoms. The molecular formula is C13H18BrNO3S. The van der Waals surface area contributed by atoms with Crippen LogP contribution in [0, 0.1) is 0 Å². The van der Waals surface area contributed by atoms with E-state index in [9.17, 15) is 4.79 Å². The summed E-state index contributed by atoms with van der Waals surface area (Å²) in [6.07, 6.45) is 3.34. The van der Waals surface area contributed by atoms with Crippen molar-refractivity contribution in [1.29, 1.82) is 0 Å². The van der Waals surface area contributed by atoms with Gasteiger partial charge in [-0.05, 0) is 41.3 Å². The highest BCUT2D eigenvalue weighted by molar-refractivity contribution is 9.11. The highest BCUT2D eigenvalue weighted by Crippen LogP contribution is 2.20. The van der Waals surface area contributed by atoms with Gasteiger partial charge in [0.25, 0.3) is 5.91 Å². The summed E-state index contributed by atoms with van der Waals surface area (Å²) >= 11 is 4.85. The Morgan fingerprint density at radius 3 is 3.21 bits per heavy atom. The Morgan fingerprint density at radius 1 is 1.63 bits per heavy atom. The van der Waals surface area contributed by atoms with Crippen molar-refractivity contribution in [2.75, 3.05) is 26.4 Å². The summed E-state index contributed by atoms with van der Waals surface area (Å²) in [4.78, 5) is 11.7. The summed E-state index contributed by atoms with van der Waals surface area (Å²) in [5, 5.41) is 4.72. The summed E-state index contributed by atoms with van der Waals surface area (Å²) in [7, 11) is 0. The van der Waals surface area contributed by atoms with E-state index in [1.54, 1.807) is 0 Å². The number of nitrogens with one attached hydrogen (secondary N) is 1. The van der Waals surface area contributed by atoms with Crippen LogP contribution in [0.2, 0.25) is 0 Å². The van der Waals surface area contributed by atoms with Crippen LogP contribution >= 0.6 is 27.3 Å². The monoisotopic (exact) mass is 347 g/mol. The Balaban J connectivity index is 1.50. The summed E-state index contributed by atoms with van der Waals surface area (Å²) in [6.45, 7) is 2.83. The fraction of sp³-hybridized carbons (Fsp3) is 0.615. The van der Waals surface area contributed by atoms with Gasteiger partial charge in [-0.1, -0.05) is 0 Å². The van der Waals surface area contributed by atoms with Crippen molar-refractivity contribution in [3.8, 4) is 0 Å². The molecule has 1 unspecified atom stereocenters. The Hall–Kier alpha value is -0.430. The van der Waals surface area contributed by atoms with Crippen LogP contribution in [0.1, 0.15) is 29.6 Å². The smallest absolute Gasteiger partial charge is 0.252 e. The predicted octanol–water partition coefficient (Wildman–Crippen LogP) is 2.83. The van der Waals surface area contributed by atoms with Gasteiger partial charge in [-0.25, -0.2) is 0 Å². The third-order valence-electron chi connectivity index (χ3n) is 2.91. The highest BCUT2D eigenvalue weighted by atomic mass is 79.9. The number of amides is 1. The molecule has 1 N–H and O–H groups in total. The van der Waals surface area contributed by atoms with Gasteiger partial charge in [-0.15, -0.1) is 11.3 Å². The summed E-state index contributed by atoms with van der Waals surface area (Å²) < 4.78 is 12.0. The van der Waals surface area contributed by atoms with Crippen LogP contribution in [0.5, 0.6) is 0 Å². The molecule has 1 aliphatic heterocycles. The Labute approximate surface area is 125 Å². The van der Waals surface area contributed by atoms with Gasteiger partial charge in [0.05, 0.1) is 22.1 Å². The minimum Gasteiger partial charge on any atom is -0.379 e. The molecule has 1 aromatic rings. The zero-order valence-corrected chi connectivity index (χ0v) is 13.1. The van der Waals surface area contributed by atoms with E-state index in [0.29, 0.717) is 25.3 Å². The number of rotatable bonds is 7. The van der Waals surface area contributed by atoms with Gasteiger partial charge >= 0.3 is 0 Å². The molecule has 1 amide bonds. The van der Waals surface area contributed by atoms with Crippen LogP contribution in [0.3, 0.4) is 0 Å². The van der Waals surface area contributed by atoms with Crippen LogP contribution < -0.4 is 5.32 Å². The maximum Gasteiger partial charge on any atom is 0.252 e. The second-order valence-corrected chi connectivity index (χ2v) is 6.75. The predicted molar refractivity (Wildman–Crippen MR) is 78.8 cm³/mol. The lowest BCUT2D eigenvalue weighted by molar-refractivity contribution is 0.0166. The molecule has 0 spiro atoms. The van der Waals surface area contributed by atoms with Gasteiger partial charge in [0.1, 0.15) is 0 Å². The van der Waals surface area contributed by atoms with Crippen molar-refractivity contribution in [3.05, 3.63) is 20.8 Å². The zero-order chi connectivity index (χ0) is 13.5. The first-order valence-electron chi connectivity index (χ1n) is 6.47. The van der Waals surface area contributed by atoms with E-state index in [-0.39, 0.29) is 12.0 Å². The Morgan fingerprint density at radius 2 is 2.53 bits per heavy atom. The van der Waals surface area contributed by atoms with Crippen LogP contribution in [0.4, 0.5) is 0 Å². The number of thiophene rings is 1. The summed E-state index contributed by atoms with van der Waals surface area (Å²) in [5.74, 6) is -0.0268. The largest absolute Gasteiger partial charge is 0.379 e. The third kappa shape index (κ3) is 5.22.